The number of amides is 1. The Labute approximate surface area is 194 Å². The zero-order chi connectivity index (χ0) is 24.1. The number of nitrogens with one attached hydrogen (secondary N) is 1. The van der Waals surface area contributed by atoms with E-state index in [0.29, 0.717) is 17.0 Å². The van der Waals surface area contributed by atoms with E-state index in [0.717, 1.165) is 10.2 Å². The summed E-state index contributed by atoms with van der Waals surface area (Å²) in [5, 5.41) is 11.4. The van der Waals surface area contributed by atoms with Crippen LogP contribution in [0.15, 0.2) is 88.5 Å². The first-order chi connectivity index (χ1) is 16.4. The van der Waals surface area contributed by atoms with Gasteiger partial charge in [-0.25, -0.2) is 13.8 Å². The molecule has 1 N–H and O–H groups in total. The Morgan fingerprint density at radius 2 is 1.47 bits per heavy atom. The second-order valence-corrected chi connectivity index (χ2v) is 7.62. The van der Waals surface area contributed by atoms with Crippen LogP contribution in [0.25, 0.3) is 22.5 Å². The smallest absolute Gasteiger partial charge is 0.267 e. The molecule has 172 valence electrons. The van der Waals surface area contributed by atoms with E-state index in [9.17, 15) is 18.8 Å². The Kier molecular flexibility index (Phi) is 6.72. The number of halogens is 1. The minimum Gasteiger partial charge on any atom is -0.352 e. The van der Waals surface area contributed by atoms with E-state index in [2.05, 4.69) is 15.5 Å². The molecular weight excluding hydrogens is 437 g/mol. The molecule has 0 aliphatic rings. The fourth-order valence-corrected chi connectivity index (χ4v) is 3.39. The van der Waals surface area contributed by atoms with Crippen molar-refractivity contribution in [2.24, 2.45) is 0 Å². The summed E-state index contributed by atoms with van der Waals surface area (Å²) < 4.78 is 15.6. The van der Waals surface area contributed by atoms with Crippen LogP contribution in [-0.4, -0.2) is 32.0 Å². The molecule has 4 aromatic rings. The van der Waals surface area contributed by atoms with Crippen molar-refractivity contribution in [3.8, 4) is 22.5 Å². The lowest BCUT2D eigenvalue weighted by Crippen LogP contribution is -2.39. The molecule has 8 nitrogen and oxygen atoms in total. The van der Waals surface area contributed by atoms with Gasteiger partial charge in [-0.1, -0.05) is 30.3 Å². The Balaban J connectivity index is 1.44. The van der Waals surface area contributed by atoms with Gasteiger partial charge in [0.1, 0.15) is 11.9 Å². The molecule has 1 unspecified atom stereocenters. The van der Waals surface area contributed by atoms with Crippen LogP contribution >= 0.6 is 0 Å². The zero-order valence-electron chi connectivity index (χ0n) is 18.4. The predicted molar refractivity (Wildman–Crippen MR) is 126 cm³/mol. The fraction of sp³-hybridized carbons (Fsp3) is 0.160. The molecule has 1 atom stereocenters. The van der Waals surface area contributed by atoms with Crippen LogP contribution in [-0.2, 0) is 11.3 Å². The number of hydrogen-bond donors (Lipinski definition) is 1. The lowest BCUT2D eigenvalue weighted by atomic mass is 10.1. The van der Waals surface area contributed by atoms with Crippen LogP contribution < -0.4 is 16.4 Å². The van der Waals surface area contributed by atoms with Crippen molar-refractivity contribution in [2.45, 2.75) is 19.5 Å². The summed E-state index contributed by atoms with van der Waals surface area (Å²) in [6.07, 6.45) is 0. The monoisotopic (exact) mass is 459 g/mol. The maximum absolute atomic E-state index is 13.2. The molecule has 0 saturated heterocycles. The summed E-state index contributed by atoms with van der Waals surface area (Å²) in [5.74, 6) is -0.814. The van der Waals surface area contributed by atoms with E-state index in [4.69, 9.17) is 0 Å². The minimum atomic E-state index is -0.895. The topological polar surface area (TPSA) is 98.9 Å². The van der Waals surface area contributed by atoms with Gasteiger partial charge in [0.15, 0.2) is 0 Å². The molecule has 34 heavy (non-hydrogen) atoms. The largest absolute Gasteiger partial charge is 0.352 e. The SMILES string of the molecule is CC(C(=O)NCCn1nc(-c2ccccc2)ccc1=O)n1nc(-c2ccc(F)cc2)ccc1=O. The Bertz CT molecular complexity index is 1420. The molecule has 0 spiro atoms. The molecule has 0 aliphatic heterocycles. The van der Waals surface area contributed by atoms with Gasteiger partial charge in [0.25, 0.3) is 11.1 Å². The molecule has 0 aliphatic carbocycles. The van der Waals surface area contributed by atoms with Crippen molar-refractivity contribution in [1.82, 2.24) is 24.9 Å². The highest BCUT2D eigenvalue weighted by Crippen LogP contribution is 2.17. The highest BCUT2D eigenvalue weighted by Gasteiger charge is 2.18. The number of nitrogens with zero attached hydrogens (tertiary/aromatic N) is 4. The molecule has 2 heterocycles. The van der Waals surface area contributed by atoms with E-state index in [1.54, 1.807) is 25.1 Å². The van der Waals surface area contributed by atoms with Gasteiger partial charge in [-0.15, -0.1) is 0 Å². The standard InChI is InChI=1S/C25H22FN5O3/c1-17(31-24(33)14-12-22(29-31)19-7-9-20(26)10-8-19)25(34)27-15-16-30-23(32)13-11-21(28-30)18-5-3-2-4-6-18/h2-14,17H,15-16H2,1H3,(H,27,34). The molecule has 0 fully saturated rings. The lowest BCUT2D eigenvalue weighted by molar-refractivity contribution is -0.124. The Morgan fingerprint density at radius 1 is 0.853 bits per heavy atom. The van der Waals surface area contributed by atoms with E-state index in [1.165, 1.54) is 35.0 Å². The van der Waals surface area contributed by atoms with Gasteiger partial charge >= 0.3 is 0 Å². The van der Waals surface area contributed by atoms with Crippen molar-refractivity contribution in [1.29, 1.82) is 0 Å². The molecule has 2 aromatic carbocycles. The second-order valence-electron chi connectivity index (χ2n) is 7.62. The summed E-state index contributed by atoms with van der Waals surface area (Å²) in [5.41, 5.74) is 1.85. The third-order valence-electron chi connectivity index (χ3n) is 5.27. The van der Waals surface area contributed by atoms with Gasteiger partial charge < -0.3 is 5.32 Å². The first-order valence-corrected chi connectivity index (χ1v) is 10.7. The quantitative estimate of drug-likeness (QED) is 0.458. The first-order valence-electron chi connectivity index (χ1n) is 10.7. The molecule has 9 heteroatoms. The van der Waals surface area contributed by atoms with Crippen LogP contribution in [0, 0.1) is 5.82 Å². The highest BCUT2D eigenvalue weighted by atomic mass is 19.1. The van der Waals surface area contributed by atoms with Crippen LogP contribution in [0.4, 0.5) is 4.39 Å². The van der Waals surface area contributed by atoms with Gasteiger partial charge in [0.2, 0.25) is 5.91 Å². The van der Waals surface area contributed by atoms with Gasteiger partial charge in [0.05, 0.1) is 17.9 Å². The lowest BCUT2D eigenvalue weighted by Gasteiger charge is -2.15. The van der Waals surface area contributed by atoms with Gasteiger partial charge in [-0.3, -0.25) is 14.4 Å². The summed E-state index contributed by atoms with van der Waals surface area (Å²) in [6.45, 7) is 1.86. The van der Waals surface area contributed by atoms with Gasteiger partial charge in [0, 0.05) is 29.8 Å². The number of carbonyl (C=O) groups excluding carboxylic acids is 1. The number of hydrogen-bond acceptors (Lipinski definition) is 5. The fourth-order valence-electron chi connectivity index (χ4n) is 3.39. The number of carbonyl (C=O) groups is 1. The summed E-state index contributed by atoms with van der Waals surface area (Å²) >= 11 is 0. The Hall–Kier alpha value is -4.40. The normalized spacial score (nSPS) is 11.7. The second kappa shape index (κ2) is 10.0. The third kappa shape index (κ3) is 5.15. The summed E-state index contributed by atoms with van der Waals surface area (Å²) in [4.78, 5) is 37.2. The Morgan fingerprint density at radius 3 is 2.18 bits per heavy atom. The van der Waals surface area contributed by atoms with Crippen molar-refractivity contribution in [3.05, 3.63) is 105 Å². The average Bonchev–Trinajstić information content (AvgIpc) is 2.86. The van der Waals surface area contributed by atoms with Gasteiger partial charge in [-0.2, -0.15) is 10.2 Å². The van der Waals surface area contributed by atoms with Crippen LogP contribution in [0.3, 0.4) is 0 Å². The van der Waals surface area contributed by atoms with Crippen molar-refractivity contribution >= 4 is 5.91 Å². The third-order valence-corrected chi connectivity index (χ3v) is 5.27. The molecular formula is C25H22FN5O3. The van der Waals surface area contributed by atoms with Crippen LogP contribution in [0.1, 0.15) is 13.0 Å². The van der Waals surface area contributed by atoms with Crippen LogP contribution in [0.2, 0.25) is 0 Å². The molecule has 0 saturated carbocycles. The molecule has 2 aromatic heterocycles. The van der Waals surface area contributed by atoms with E-state index in [-0.39, 0.29) is 24.5 Å². The van der Waals surface area contributed by atoms with Crippen molar-refractivity contribution < 1.29 is 9.18 Å². The van der Waals surface area contributed by atoms with Crippen molar-refractivity contribution in [2.75, 3.05) is 6.54 Å². The molecule has 1 amide bonds. The van der Waals surface area contributed by atoms with Crippen LogP contribution in [0.5, 0.6) is 0 Å². The molecule has 4 rings (SSSR count). The number of aromatic nitrogens is 4. The zero-order valence-corrected chi connectivity index (χ0v) is 18.4. The minimum absolute atomic E-state index is 0.140. The maximum atomic E-state index is 13.2. The molecule has 0 bridgehead atoms. The maximum Gasteiger partial charge on any atom is 0.267 e. The highest BCUT2D eigenvalue weighted by molar-refractivity contribution is 5.79. The molecule has 0 radical (unpaired) electrons. The number of benzene rings is 2. The predicted octanol–water partition coefficient (Wildman–Crippen LogP) is 2.65. The van der Waals surface area contributed by atoms with Crippen molar-refractivity contribution in [3.63, 3.8) is 0 Å². The first kappa shape index (κ1) is 22.8. The summed E-state index contributed by atoms with van der Waals surface area (Å²) in [6, 6.07) is 20.2. The number of rotatable bonds is 7. The average molecular weight is 459 g/mol. The van der Waals surface area contributed by atoms with E-state index >= 15 is 0 Å². The van der Waals surface area contributed by atoms with E-state index < -0.39 is 17.5 Å². The van der Waals surface area contributed by atoms with E-state index in [1.807, 2.05) is 30.3 Å². The van der Waals surface area contributed by atoms with Gasteiger partial charge in [-0.05, 0) is 43.3 Å². The summed E-state index contributed by atoms with van der Waals surface area (Å²) in [7, 11) is 0.